The molecule has 0 saturated carbocycles. The summed E-state index contributed by atoms with van der Waals surface area (Å²) in [6, 6.07) is 16.6. The largest absolute Gasteiger partial charge is 0.490 e. The number of halogens is 3. The van der Waals surface area contributed by atoms with Gasteiger partial charge in [0, 0.05) is 28.6 Å². The molecule has 0 aliphatic carbocycles. The first kappa shape index (κ1) is 35.4. The molecule has 0 radical (unpaired) electrons. The van der Waals surface area contributed by atoms with Crippen LogP contribution in [0.4, 0.5) is 22.8 Å². The number of carboxylic acids is 1. The Labute approximate surface area is 272 Å². The lowest BCUT2D eigenvalue weighted by molar-refractivity contribution is -0.192. The number of alkyl carbamates (subject to hydrolysis) is 1. The van der Waals surface area contributed by atoms with Crippen molar-refractivity contribution in [3.63, 3.8) is 0 Å². The summed E-state index contributed by atoms with van der Waals surface area (Å²) in [5, 5.41) is 20.0. The minimum Gasteiger partial charge on any atom is -0.489 e. The summed E-state index contributed by atoms with van der Waals surface area (Å²) in [7, 11) is 0. The van der Waals surface area contributed by atoms with Crippen molar-refractivity contribution in [2.24, 2.45) is 5.16 Å². The van der Waals surface area contributed by atoms with E-state index in [4.69, 9.17) is 24.2 Å². The number of fused-ring (bicyclic) bond motifs is 1. The third-order valence-corrected chi connectivity index (χ3v) is 7.27. The molecule has 1 fully saturated rings. The van der Waals surface area contributed by atoms with E-state index < -0.39 is 46.9 Å². The fraction of sp³-hybridized carbons (Fsp3) is 0.375. The number of hydrogen-bond donors (Lipinski definition) is 4. The van der Waals surface area contributed by atoms with Gasteiger partial charge in [0.1, 0.15) is 18.0 Å². The molecular weight excluding hydrogens is 639 g/mol. The Morgan fingerprint density at radius 2 is 1.73 bits per heavy atom. The van der Waals surface area contributed by atoms with Crippen LogP contribution in [0, 0.1) is 6.92 Å². The Hall–Kier alpha value is -5.41. The number of carboxylic acid groups (broad SMARTS) is 1. The van der Waals surface area contributed by atoms with E-state index in [1.54, 1.807) is 27.7 Å². The van der Waals surface area contributed by atoms with Crippen molar-refractivity contribution in [1.82, 2.24) is 20.9 Å². The minimum atomic E-state index is -5.08. The highest BCUT2D eigenvalue weighted by Crippen LogP contribution is 2.38. The van der Waals surface area contributed by atoms with Crippen LogP contribution in [-0.2, 0) is 31.4 Å². The molecule has 1 saturated heterocycles. The maximum atomic E-state index is 12.6. The van der Waals surface area contributed by atoms with Crippen molar-refractivity contribution in [2.75, 3.05) is 6.54 Å². The van der Waals surface area contributed by atoms with Gasteiger partial charge in [-0.3, -0.25) is 15.1 Å². The van der Waals surface area contributed by atoms with Gasteiger partial charge in [0.2, 0.25) is 0 Å². The normalized spacial score (nSPS) is 20.5. The number of carbonyl (C=O) groups excluding carboxylic acids is 3. The smallest absolute Gasteiger partial charge is 0.489 e. The molecule has 0 spiro atoms. The number of rotatable bonds is 7. The van der Waals surface area contributed by atoms with Crippen molar-refractivity contribution in [1.29, 1.82) is 0 Å². The number of amides is 4. The molecule has 2 atom stereocenters. The average Bonchev–Trinajstić information content (AvgIpc) is 3.55. The molecule has 3 aromatic rings. The monoisotopic (exact) mass is 673 g/mol. The van der Waals surface area contributed by atoms with E-state index in [0.29, 0.717) is 23.6 Å². The first-order chi connectivity index (χ1) is 22.3. The number of urea groups is 1. The van der Waals surface area contributed by atoms with Crippen molar-refractivity contribution >= 4 is 40.6 Å². The summed E-state index contributed by atoms with van der Waals surface area (Å²) in [6.07, 6.45) is -5.57. The third kappa shape index (κ3) is 8.29. The molecule has 2 aliphatic heterocycles. The summed E-state index contributed by atoms with van der Waals surface area (Å²) in [4.78, 5) is 56.4. The van der Waals surface area contributed by atoms with Gasteiger partial charge in [-0.25, -0.2) is 14.4 Å². The number of imide groups is 1. The molecule has 13 nitrogen and oxygen atoms in total. The van der Waals surface area contributed by atoms with Crippen LogP contribution in [0.2, 0.25) is 0 Å². The van der Waals surface area contributed by atoms with Crippen molar-refractivity contribution in [2.45, 2.75) is 70.6 Å². The summed E-state index contributed by atoms with van der Waals surface area (Å²) in [6.45, 7) is 9.18. The lowest BCUT2D eigenvalue weighted by atomic mass is 9.83. The molecule has 2 aromatic carbocycles. The Bertz CT molecular complexity index is 1760. The number of oxime groups is 1. The first-order valence-corrected chi connectivity index (χ1v) is 14.6. The Kier molecular flexibility index (Phi) is 9.87. The van der Waals surface area contributed by atoms with Crippen LogP contribution in [-0.4, -0.2) is 63.7 Å². The molecule has 16 heteroatoms. The topological polar surface area (TPSA) is 178 Å². The summed E-state index contributed by atoms with van der Waals surface area (Å²) >= 11 is 0. The number of pyridine rings is 1. The third-order valence-electron chi connectivity index (χ3n) is 7.27. The number of nitrogens with one attached hydrogen (secondary N) is 3. The second-order valence-electron chi connectivity index (χ2n) is 12.2. The van der Waals surface area contributed by atoms with Gasteiger partial charge in [0.25, 0.3) is 5.91 Å². The zero-order valence-electron chi connectivity index (χ0n) is 26.7. The maximum Gasteiger partial charge on any atom is 0.490 e. The predicted molar refractivity (Wildman–Crippen MR) is 165 cm³/mol. The Morgan fingerprint density at radius 1 is 1.08 bits per heavy atom. The summed E-state index contributed by atoms with van der Waals surface area (Å²) in [5.74, 6) is -2.65. The number of ether oxygens (including phenoxy) is 2. The van der Waals surface area contributed by atoms with E-state index >= 15 is 0 Å². The second-order valence-corrected chi connectivity index (χ2v) is 12.2. The van der Waals surface area contributed by atoms with Crippen LogP contribution in [0.3, 0.4) is 0 Å². The van der Waals surface area contributed by atoms with E-state index in [1.165, 1.54) is 0 Å². The molecular formula is C32H34F3N5O8. The number of aliphatic carboxylic acids is 1. The molecule has 4 amide bonds. The van der Waals surface area contributed by atoms with E-state index in [1.807, 2.05) is 61.5 Å². The molecule has 256 valence electrons. The van der Waals surface area contributed by atoms with Gasteiger partial charge in [-0.2, -0.15) is 13.2 Å². The lowest BCUT2D eigenvalue weighted by Crippen LogP contribution is -2.52. The lowest BCUT2D eigenvalue weighted by Gasteiger charge is -2.29. The standard InChI is InChI=1S/C30H33N5O6.C2HF3O2/c1-18-14-19(22-8-6-7-9-23(22)32-18)16-39-21-12-10-20(11-13-21)30(17-31-27(38)40-28(2,3)4)15-24(35-41-30)29(5)25(36)33-26(37)34-29;3-2(4,5)1(6)7/h6-14H,15-17H2,1-5H3,(H,31,38)(H2,33,34,36,37);(H,6,7). The molecule has 2 unspecified atom stereocenters. The SMILES string of the molecule is Cc1cc(COc2ccc(C3(CNC(=O)OC(C)(C)C)CC(C4(C)NC(=O)NC4=O)=NO3)cc2)c2ccccc2n1.O=C(O)C(F)(F)F. The quantitative estimate of drug-likeness (QED) is 0.255. The molecule has 3 heterocycles. The zero-order valence-corrected chi connectivity index (χ0v) is 26.7. The van der Waals surface area contributed by atoms with Crippen LogP contribution in [0.1, 0.15) is 50.9 Å². The van der Waals surface area contributed by atoms with Crippen LogP contribution < -0.4 is 20.7 Å². The van der Waals surface area contributed by atoms with E-state index in [0.717, 1.165) is 22.2 Å². The molecule has 5 rings (SSSR count). The van der Waals surface area contributed by atoms with Crippen LogP contribution in [0.5, 0.6) is 5.75 Å². The molecule has 0 bridgehead atoms. The van der Waals surface area contributed by atoms with Gasteiger partial charge in [-0.05, 0) is 58.9 Å². The van der Waals surface area contributed by atoms with Gasteiger partial charge in [0.15, 0.2) is 11.1 Å². The minimum absolute atomic E-state index is 0.00302. The second kappa shape index (κ2) is 13.4. The van der Waals surface area contributed by atoms with Gasteiger partial charge in [-0.1, -0.05) is 35.5 Å². The predicted octanol–water partition coefficient (Wildman–Crippen LogP) is 4.85. The number of benzene rings is 2. The van der Waals surface area contributed by atoms with E-state index in [-0.39, 0.29) is 13.0 Å². The number of alkyl halides is 3. The van der Waals surface area contributed by atoms with Gasteiger partial charge in [0.05, 0.1) is 17.8 Å². The zero-order chi connectivity index (χ0) is 35.5. The highest BCUT2D eigenvalue weighted by Gasteiger charge is 2.53. The summed E-state index contributed by atoms with van der Waals surface area (Å²) in [5.41, 5.74) is 0.650. The Morgan fingerprint density at radius 3 is 2.31 bits per heavy atom. The van der Waals surface area contributed by atoms with Gasteiger partial charge < -0.3 is 30.1 Å². The van der Waals surface area contributed by atoms with Gasteiger partial charge >= 0.3 is 24.3 Å². The highest BCUT2D eigenvalue weighted by molar-refractivity contribution is 6.22. The molecule has 48 heavy (non-hydrogen) atoms. The average molecular weight is 674 g/mol. The number of carbonyl (C=O) groups is 4. The summed E-state index contributed by atoms with van der Waals surface area (Å²) < 4.78 is 43.3. The number of aryl methyl sites for hydroxylation is 1. The first-order valence-electron chi connectivity index (χ1n) is 14.6. The van der Waals surface area contributed by atoms with E-state index in [2.05, 4.69) is 26.1 Å². The number of nitrogens with zero attached hydrogens (tertiary/aromatic N) is 2. The van der Waals surface area contributed by atoms with Crippen molar-refractivity contribution in [3.05, 3.63) is 71.4 Å². The fourth-order valence-corrected chi connectivity index (χ4v) is 4.90. The van der Waals surface area contributed by atoms with E-state index in [9.17, 15) is 27.6 Å². The highest BCUT2D eigenvalue weighted by atomic mass is 19.4. The Balaban J connectivity index is 0.000000671. The number of aromatic nitrogens is 1. The molecule has 4 N–H and O–H groups in total. The number of hydrogen-bond acceptors (Lipinski definition) is 9. The van der Waals surface area contributed by atoms with Crippen molar-refractivity contribution in [3.8, 4) is 5.75 Å². The van der Waals surface area contributed by atoms with Gasteiger partial charge in [-0.15, -0.1) is 0 Å². The molecule has 2 aliphatic rings. The fourth-order valence-electron chi connectivity index (χ4n) is 4.90. The van der Waals surface area contributed by atoms with Crippen LogP contribution in [0.15, 0.2) is 59.8 Å². The number of para-hydroxylation sites is 1. The maximum absolute atomic E-state index is 12.6. The van der Waals surface area contributed by atoms with Crippen LogP contribution in [0.25, 0.3) is 10.9 Å². The van der Waals surface area contributed by atoms with Crippen LogP contribution >= 0.6 is 0 Å². The van der Waals surface area contributed by atoms with Crippen molar-refractivity contribution < 1.29 is 51.8 Å². The molecule has 1 aromatic heterocycles.